The van der Waals surface area contributed by atoms with E-state index in [2.05, 4.69) is 6.92 Å². The zero-order chi connectivity index (χ0) is 12.1. The van der Waals surface area contributed by atoms with Gasteiger partial charge in [-0.1, -0.05) is 13.0 Å². The maximum atomic E-state index is 13.1. The van der Waals surface area contributed by atoms with E-state index in [4.69, 9.17) is 10.5 Å². The second-order valence-electron chi connectivity index (χ2n) is 4.40. The number of benzene rings is 1. The summed E-state index contributed by atoms with van der Waals surface area (Å²) in [5.74, 6) is 0.151. The molecule has 0 aliphatic heterocycles. The molecule has 0 bridgehead atoms. The Labute approximate surface area is 96.6 Å². The smallest absolute Gasteiger partial charge is 0.123 e. The molecule has 16 heavy (non-hydrogen) atoms. The molecule has 2 N–H and O–H groups in total. The summed E-state index contributed by atoms with van der Waals surface area (Å²) in [6, 6.07) is 4.63. The highest BCUT2D eigenvalue weighted by molar-refractivity contribution is 5.29. The minimum absolute atomic E-state index is 0.124. The number of ether oxygens (including phenoxy) is 1. The Morgan fingerprint density at radius 2 is 2.12 bits per heavy atom. The summed E-state index contributed by atoms with van der Waals surface area (Å²) in [7, 11) is 1.68. The van der Waals surface area contributed by atoms with Gasteiger partial charge in [0.05, 0.1) is 0 Å². The predicted molar refractivity (Wildman–Crippen MR) is 63.7 cm³/mol. The van der Waals surface area contributed by atoms with Crippen molar-refractivity contribution < 1.29 is 9.13 Å². The SMILES string of the molecule is COCC(C)CC(N)c1cc(F)ccc1C. The van der Waals surface area contributed by atoms with Crippen LogP contribution in [-0.4, -0.2) is 13.7 Å². The fraction of sp³-hybridized carbons (Fsp3) is 0.538. The van der Waals surface area contributed by atoms with Gasteiger partial charge in [0.25, 0.3) is 0 Å². The average molecular weight is 225 g/mol. The lowest BCUT2D eigenvalue weighted by Gasteiger charge is -2.18. The average Bonchev–Trinajstić information content (AvgIpc) is 2.21. The molecule has 0 aliphatic rings. The molecule has 0 aromatic heterocycles. The molecule has 0 radical (unpaired) electrons. The standard InChI is InChI=1S/C13H20FNO/c1-9(8-16-3)6-13(15)12-7-11(14)5-4-10(12)2/h4-5,7,9,13H,6,8,15H2,1-3H3. The Balaban J connectivity index is 2.72. The van der Waals surface area contributed by atoms with Gasteiger partial charge >= 0.3 is 0 Å². The zero-order valence-electron chi connectivity index (χ0n) is 10.2. The normalized spacial score (nSPS) is 14.8. The molecule has 2 nitrogen and oxygen atoms in total. The van der Waals surface area contributed by atoms with E-state index in [1.54, 1.807) is 13.2 Å². The minimum atomic E-state index is -0.226. The van der Waals surface area contributed by atoms with Crippen LogP contribution >= 0.6 is 0 Å². The Morgan fingerprint density at radius 3 is 2.75 bits per heavy atom. The monoisotopic (exact) mass is 225 g/mol. The van der Waals surface area contributed by atoms with E-state index >= 15 is 0 Å². The first-order valence-electron chi connectivity index (χ1n) is 5.55. The Kier molecular flexibility index (Phi) is 4.90. The molecule has 2 atom stereocenters. The van der Waals surface area contributed by atoms with Gasteiger partial charge in [-0.2, -0.15) is 0 Å². The summed E-state index contributed by atoms with van der Waals surface area (Å²) in [6.45, 7) is 4.72. The van der Waals surface area contributed by atoms with Gasteiger partial charge in [-0.25, -0.2) is 4.39 Å². The molecule has 0 saturated carbocycles. The van der Waals surface area contributed by atoms with Crippen LogP contribution in [0.3, 0.4) is 0 Å². The van der Waals surface area contributed by atoms with E-state index in [1.807, 2.05) is 6.92 Å². The summed E-state index contributed by atoms with van der Waals surface area (Å²) < 4.78 is 18.2. The molecule has 0 heterocycles. The van der Waals surface area contributed by atoms with Gasteiger partial charge in [0.1, 0.15) is 5.82 Å². The lowest BCUT2D eigenvalue weighted by atomic mass is 9.94. The molecule has 1 aromatic rings. The van der Waals surface area contributed by atoms with Crippen molar-refractivity contribution >= 4 is 0 Å². The van der Waals surface area contributed by atoms with E-state index in [0.29, 0.717) is 12.5 Å². The van der Waals surface area contributed by atoms with E-state index in [1.165, 1.54) is 12.1 Å². The van der Waals surface area contributed by atoms with Crippen LogP contribution in [0.2, 0.25) is 0 Å². The molecule has 1 rings (SSSR count). The van der Waals surface area contributed by atoms with Gasteiger partial charge in [-0.15, -0.1) is 0 Å². The lowest BCUT2D eigenvalue weighted by molar-refractivity contribution is 0.152. The number of aryl methyl sites for hydroxylation is 1. The summed E-state index contributed by atoms with van der Waals surface area (Å²) in [5, 5.41) is 0. The predicted octanol–water partition coefficient (Wildman–Crippen LogP) is 2.81. The van der Waals surface area contributed by atoms with Gasteiger partial charge in [0, 0.05) is 19.8 Å². The van der Waals surface area contributed by atoms with Gasteiger partial charge < -0.3 is 10.5 Å². The maximum Gasteiger partial charge on any atom is 0.123 e. The van der Waals surface area contributed by atoms with Crippen molar-refractivity contribution in [2.45, 2.75) is 26.3 Å². The molecule has 1 aromatic carbocycles. The van der Waals surface area contributed by atoms with E-state index in [0.717, 1.165) is 17.5 Å². The first-order valence-corrected chi connectivity index (χ1v) is 5.55. The van der Waals surface area contributed by atoms with E-state index in [-0.39, 0.29) is 11.9 Å². The molecule has 90 valence electrons. The Morgan fingerprint density at radius 1 is 1.44 bits per heavy atom. The van der Waals surface area contributed by atoms with Crippen molar-refractivity contribution in [2.24, 2.45) is 11.7 Å². The third-order valence-corrected chi connectivity index (χ3v) is 2.75. The Bertz CT molecular complexity index is 341. The third-order valence-electron chi connectivity index (χ3n) is 2.75. The van der Waals surface area contributed by atoms with Gasteiger partial charge in [-0.3, -0.25) is 0 Å². The molecule has 0 fully saturated rings. The second kappa shape index (κ2) is 5.97. The molecule has 2 unspecified atom stereocenters. The summed E-state index contributed by atoms with van der Waals surface area (Å²) in [4.78, 5) is 0. The van der Waals surface area contributed by atoms with Crippen LogP contribution in [0.25, 0.3) is 0 Å². The van der Waals surface area contributed by atoms with Crippen LogP contribution in [0.4, 0.5) is 4.39 Å². The van der Waals surface area contributed by atoms with Crippen LogP contribution in [0.15, 0.2) is 18.2 Å². The number of nitrogens with two attached hydrogens (primary N) is 1. The summed E-state index contributed by atoms with van der Waals surface area (Å²) in [6.07, 6.45) is 0.804. The van der Waals surface area contributed by atoms with Crippen molar-refractivity contribution in [3.8, 4) is 0 Å². The molecular formula is C13H20FNO. The molecule has 0 spiro atoms. The molecule has 0 aliphatic carbocycles. The van der Waals surface area contributed by atoms with E-state index < -0.39 is 0 Å². The number of hydrogen-bond acceptors (Lipinski definition) is 2. The largest absolute Gasteiger partial charge is 0.384 e. The fourth-order valence-electron chi connectivity index (χ4n) is 1.92. The fourth-order valence-corrected chi connectivity index (χ4v) is 1.92. The van der Waals surface area contributed by atoms with Crippen molar-refractivity contribution in [1.29, 1.82) is 0 Å². The third kappa shape index (κ3) is 3.58. The van der Waals surface area contributed by atoms with Crippen molar-refractivity contribution in [1.82, 2.24) is 0 Å². The second-order valence-corrected chi connectivity index (χ2v) is 4.40. The van der Waals surface area contributed by atoms with Gasteiger partial charge in [-0.05, 0) is 42.5 Å². The Hall–Kier alpha value is -0.930. The topological polar surface area (TPSA) is 35.2 Å². The highest BCUT2D eigenvalue weighted by Crippen LogP contribution is 2.23. The summed E-state index contributed by atoms with van der Waals surface area (Å²) >= 11 is 0. The number of hydrogen-bond donors (Lipinski definition) is 1. The highest BCUT2D eigenvalue weighted by Gasteiger charge is 2.13. The van der Waals surface area contributed by atoms with Crippen LogP contribution < -0.4 is 5.73 Å². The van der Waals surface area contributed by atoms with Crippen molar-refractivity contribution in [3.63, 3.8) is 0 Å². The maximum absolute atomic E-state index is 13.1. The first-order chi connectivity index (χ1) is 7.54. The van der Waals surface area contributed by atoms with Crippen LogP contribution in [-0.2, 0) is 4.74 Å². The highest BCUT2D eigenvalue weighted by atomic mass is 19.1. The van der Waals surface area contributed by atoms with Gasteiger partial charge in [0.15, 0.2) is 0 Å². The number of methoxy groups -OCH3 is 1. The van der Waals surface area contributed by atoms with Crippen LogP contribution in [0, 0.1) is 18.7 Å². The summed E-state index contributed by atoms with van der Waals surface area (Å²) in [5.41, 5.74) is 8.01. The van der Waals surface area contributed by atoms with Crippen molar-refractivity contribution in [2.75, 3.05) is 13.7 Å². The van der Waals surface area contributed by atoms with Crippen molar-refractivity contribution in [3.05, 3.63) is 35.1 Å². The zero-order valence-corrected chi connectivity index (χ0v) is 10.2. The lowest BCUT2D eigenvalue weighted by Crippen LogP contribution is -2.17. The molecular weight excluding hydrogens is 205 g/mol. The minimum Gasteiger partial charge on any atom is -0.384 e. The van der Waals surface area contributed by atoms with Gasteiger partial charge in [0.2, 0.25) is 0 Å². The first kappa shape index (κ1) is 13.1. The quantitative estimate of drug-likeness (QED) is 0.836. The number of rotatable bonds is 5. The molecule has 3 heteroatoms. The van der Waals surface area contributed by atoms with E-state index in [9.17, 15) is 4.39 Å². The van der Waals surface area contributed by atoms with Crippen LogP contribution in [0.5, 0.6) is 0 Å². The molecule has 0 saturated heterocycles. The van der Waals surface area contributed by atoms with Crippen LogP contribution in [0.1, 0.15) is 30.5 Å². The number of halogens is 1. The molecule has 0 amide bonds.